The summed E-state index contributed by atoms with van der Waals surface area (Å²) in [5.41, 5.74) is -0.748. The van der Waals surface area contributed by atoms with Gasteiger partial charge in [-0.05, 0) is 20.8 Å². The van der Waals surface area contributed by atoms with E-state index in [4.69, 9.17) is 9.84 Å². The Labute approximate surface area is 96.5 Å². The van der Waals surface area contributed by atoms with E-state index in [2.05, 4.69) is 4.98 Å². The van der Waals surface area contributed by atoms with Gasteiger partial charge < -0.3 is 9.84 Å². The number of ether oxygens (including phenoxy) is 1. The molecule has 0 spiro atoms. The molecule has 88 valence electrons. The molecule has 0 aromatic carbocycles. The summed E-state index contributed by atoms with van der Waals surface area (Å²) >= 11 is 1.05. The van der Waals surface area contributed by atoms with Gasteiger partial charge in [-0.25, -0.2) is 14.6 Å². The zero-order valence-electron chi connectivity index (χ0n) is 9.13. The van der Waals surface area contributed by atoms with Gasteiger partial charge in [0.25, 0.3) is 0 Å². The molecule has 7 heteroatoms. The summed E-state index contributed by atoms with van der Waals surface area (Å²) < 4.78 is 4.96. The molecule has 2 amide bonds. The lowest BCUT2D eigenvalue weighted by Crippen LogP contribution is -2.40. The molecule has 0 fully saturated rings. The first-order valence-electron chi connectivity index (χ1n) is 4.47. The Morgan fingerprint density at radius 2 is 2.12 bits per heavy atom. The highest BCUT2D eigenvalue weighted by atomic mass is 32.1. The smallest absolute Gasteiger partial charge is 0.426 e. The van der Waals surface area contributed by atoms with Crippen molar-refractivity contribution in [3.8, 4) is 0 Å². The lowest BCUT2D eigenvalue weighted by atomic mass is 10.2. The number of carbonyl (C=O) groups excluding carboxylic acids is 1. The van der Waals surface area contributed by atoms with Gasteiger partial charge in [0.2, 0.25) is 5.13 Å². The molecule has 0 saturated heterocycles. The van der Waals surface area contributed by atoms with E-state index in [1.165, 1.54) is 6.20 Å². The molecule has 0 bridgehead atoms. The number of rotatable bonds is 1. The molecule has 0 radical (unpaired) electrons. The van der Waals surface area contributed by atoms with Crippen LogP contribution in [0, 0.1) is 0 Å². The second-order valence-electron chi connectivity index (χ2n) is 3.91. The molecule has 1 aromatic heterocycles. The van der Waals surface area contributed by atoms with E-state index in [1.54, 1.807) is 26.2 Å². The highest BCUT2D eigenvalue weighted by molar-refractivity contribution is 7.14. The maximum atomic E-state index is 11.6. The van der Waals surface area contributed by atoms with E-state index >= 15 is 0 Å². The number of anilines is 1. The fourth-order valence-electron chi connectivity index (χ4n) is 0.872. The average Bonchev–Trinajstić information content (AvgIpc) is 2.52. The number of aromatic nitrogens is 1. The first kappa shape index (κ1) is 12.4. The second kappa shape index (κ2) is 4.48. The first-order valence-corrected chi connectivity index (χ1v) is 5.35. The van der Waals surface area contributed by atoms with Crippen LogP contribution in [0.2, 0.25) is 0 Å². The number of hydrogen-bond donors (Lipinski definition) is 1. The van der Waals surface area contributed by atoms with E-state index in [0.717, 1.165) is 11.3 Å². The number of carbonyl (C=O) groups is 2. The van der Waals surface area contributed by atoms with Crippen molar-refractivity contribution in [1.82, 2.24) is 4.98 Å². The van der Waals surface area contributed by atoms with Crippen molar-refractivity contribution in [3.63, 3.8) is 0 Å². The van der Waals surface area contributed by atoms with Gasteiger partial charge in [0, 0.05) is 11.6 Å². The Balaban J connectivity index is 2.88. The van der Waals surface area contributed by atoms with Crippen LogP contribution in [0.15, 0.2) is 11.6 Å². The number of hydrogen-bond acceptors (Lipinski definition) is 5. The summed E-state index contributed by atoms with van der Waals surface area (Å²) in [6.07, 6.45) is -0.945. The minimum atomic E-state index is -1.41. The summed E-state index contributed by atoms with van der Waals surface area (Å²) in [5.74, 6) is 0. The zero-order chi connectivity index (χ0) is 12.3. The minimum absolute atomic E-state index is 0.0711. The summed E-state index contributed by atoms with van der Waals surface area (Å²) in [6, 6.07) is 0. The lowest BCUT2D eigenvalue weighted by molar-refractivity contribution is 0.0582. The molecule has 1 aromatic rings. The van der Waals surface area contributed by atoms with Gasteiger partial charge in [0.1, 0.15) is 5.60 Å². The highest BCUT2D eigenvalue weighted by Crippen LogP contribution is 2.20. The third-order valence-electron chi connectivity index (χ3n) is 1.38. The summed E-state index contributed by atoms with van der Waals surface area (Å²) in [7, 11) is 0. The summed E-state index contributed by atoms with van der Waals surface area (Å²) in [6.45, 7) is 4.98. The molecular formula is C9H12N2O4S. The van der Waals surface area contributed by atoms with Crippen LogP contribution in [0.4, 0.5) is 14.7 Å². The van der Waals surface area contributed by atoms with Crippen LogP contribution >= 0.6 is 11.3 Å². The van der Waals surface area contributed by atoms with E-state index in [0.29, 0.717) is 4.90 Å². The number of carboxylic acid groups (broad SMARTS) is 1. The molecule has 1 rings (SSSR count). The van der Waals surface area contributed by atoms with E-state index in [-0.39, 0.29) is 5.13 Å². The molecular weight excluding hydrogens is 232 g/mol. The van der Waals surface area contributed by atoms with Crippen LogP contribution in [0.25, 0.3) is 0 Å². The SMILES string of the molecule is CC(C)(C)OC(=O)N(C(=O)O)c1nccs1. The Kier molecular flexibility index (Phi) is 3.48. The predicted octanol–water partition coefficient (Wildman–Crippen LogP) is 2.56. The highest BCUT2D eigenvalue weighted by Gasteiger charge is 2.30. The van der Waals surface area contributed by atoms with Crippen molar-refractivity contribution in [1.29, 1.82) is 0 Å². The normalized spacial score (nSPS) is 10.9. The number of amides is 2. The lowest BCUT2D eigenvalue weighted by Gasteiger charge is -2.22. The number of nitrogens with zero attached hydrogens (tertiary/aromatic N) is 2. The fourth-order valence-corrected chi connectivity index (χ4v) is 1.50. The number of imide groups is 1. The number of thiazole rings is 1. The van der Waals surface area contributed by atoms with Gasteiger partial charge in [-0.1, -0.05) is 0 Å². The van der Waals surface area contributed by atoms with Gasteiger partial charge in [-0.15, -0.1) is 11.3 Å². The Morgan fingerprint density at radius 3 is 2.50 bits per heavy atom. The zero-order valence-corrected chi connectivity index (χ0v) is 9.95. The Morgan fingerprint density at radius 1 is 1.50 bits per heavy atom. The largest absolute Gasteiger partial charge is 0.464 e. The average molecular weight is 244 g/mol. The van der Waals surface area contributed by atoms with E-state index < -0.39 is 17.8 Å². The quantitative estimate of drug-likeness (QED) is 0.821. The molecule has 0 aliphatic carbocycles. The topological polar surface area (TPSA) is 79.7 Å². The molecule has 6 nitrogen and oxygen atoms in total. The third kappa shape index (κ3) is 3.20. The molecule has 1 heterocycles. The maximum Gasteiger partial charge on any atom is 0.426 e. The molecule has 0 saturated carbocycles. The van der Waals surface area contributed by atoms with Gasteiger partial charge in [0.05, 0.1) is 0 Å². The van der Waals surface area contributed by atoms with Gasteiger partial charge in [-0.3, -0.25) is 0 Å². The van der Waals surface area contributed by atoms with Crippen LogP contribution in [0.5, 0.6) is 0 Å². The van der Waals surface area contributed by atoms with Crippen molar-refractivity contribution in [2.24, 2.45) is 0 Å². The monoisotopic (exact) mass is 244 g/mol. The Bertz CT molecular complexity index is 383. The van der Waals surface area contributed by atoms with Crippen LogP contribution in [0.1, 0.15) is 20.8 Å². The van der Waals surface area contributed by atoms with Crippen LogP contribution in [-0.2, 0) is 4.74 Å². The van der Waals surface area contributed by atoms with Crippen molar-refractivity contribution in [2.75, 3.05) is 4.90 Å². The molecule has 0 aliphatic rings. The van der Waals surface area contributed by atoms with Crippen molar-refractivity contribution < 1.29 is 19.4 Å². The van der Waals surface area contributed by atoms with Crippen molar-refractivity contribution >= 4 is 28.7 Å². The third-order valence-corrected chi connectivity index (χ3v) is 2.13. The predicted molar refractivity (Wildman–Crippen MR) is 58.9 cm³/mol. The van der Waals surface area contributed by atoms with E-state index in [9.17, 15) is 9.59 Å². The molecule has 0 aliphatic heterocycles. The van der Waals surface area contributed by atoms with Crippen molar-refractivity contribution in [2.45, 2.75) is 26.4 Å². The second-order valence-corrected chi connectivity index (χ2v) is 4.79. The van der Waals surface area contributed by atoms with Gasteiger partial charge in [-0.2, -0.15) is 4.90 Å². The van der Waals surface area contributed by atoms with E-state index in [1.807, 2.05) is 0 Å². The standard InChI is InChI=1S/C9H12N2O4S/c1-9(2,3)15-8(14)11(7(12)13)6-10-4-5-16-6/h4-5H,1-3H3,(H,12,13). The molecule has 1 N–H and O–H groups in total. The maximum absolute atomic E-state index is 11.6. The molecule has 0 unspecified atom stereocenters. The molecule has 16 heavy (non-hydrogen) atoms. The van der Waals surface area contributed by atoms with Gasteiger partial charge >= 0.3 is 12.2 Å². The minimum Gasteiger partial charge on any atom is -0.464 e. The fraction of sp³-hybridized carbons (Fsp3) is 0.444. The Hall–Kier alpha value is -1.63. The molecule has 0 atom stereocenters. The van der Waals surface area contributed by atoms with Crippen LogP contribution in [-0.4, -0.2) is 27.9 Å². The van der Waals surface area contributed by atoms with Crippen LogP contribution < -0.4 is 4.90 Å². The van der Waals surface area contributed by atoms with Gasteiger partial charge in [0.15, 0.2) is 0 Å². The summed E-state index contributed by atoms with van der Waals surface area (Å²) in [5, 5.41) is 10.6. The first-order chi connectivity index (χ1) is 7.31. The summed E-state index contributed by atoms with van der Waals surface area (Å²) in [4.78, 5) is 26.7. The van der Waals surface area contributed by atoms with Crippen LogP contribution in [0.3, 0.4) is 0 Å². The van der Waals surface area contributed by atoms with Crippen molar-refractivity contribution in [3.05, 3.63) is 11.6 Å².